The van der Waals surface area contributed by atoms with Crippen LogP contribution in [0.4, 0.5) is 0 Å². The van der Waals surface area contributed by atoms with Gasteiger partial charge in [-0.25, -0.2) is 0 Å². The molecule has 0 spiro atoms. The van der Waals surface area contributed by atoms with Gasteiger partial charge in [0, 0.05) is 54.6 Å². The summed E-state index contributed by atoms with van der Waals surface area (Å²) in [5.74, 6) is 7.60. The molecule has 5 rings (SSSR count). The molecule has 2 saturated heterocycles. The van der Waals surface area contributed by atoms with Crippen LogP contribution in [0, 0.1) is 11.8 Å². The van der Waals surface area contributed by atoms with Crippen LogP contribution in [0.2, 0.25) is 0 Å². The second-order valence-electron chi connectivity index (χ2n) is 9.76. The molecule has 190 valence electrons. The van der Waals surface area contributed by atoms with Gasteiger partial charge in [-0.3, -0.25) is 14.7 Å². The molecular weight excluding hydrogens is 462 g/mol. The van der Waals surface area contributed by atoms with Crippen molar-refractivity contribution in [3.63, 3.8) is 0 Å². The van der Waals surface area contributed by atoms with Gasteiger partial charge in [0.25, 0.3) is 0 Å². The van der Waals surface area contributed by atoms with Crippen LogP contribution in [-0.4, -0.2) is 71.2 Å². The molecule has 0 saturated carbocycles. The average Bonchev–Trinajstić information content (AvgIpc) is 2.92. The third-order valence-corrected chi connectivity index (χ3v) is 7.56. The van der Waals surface area contributed by atoms with Crippen molar-refractivity contribution in [3.05, 3.63) is 95.3 Å². The normalized spacial score (nSPS) is 21.5. The fraction of sp³-hybridized carbons (Fsp3) is 0.355. The molecule has 0 radical (unpaired) electrons. The van der Waals surface area contributed by atoms with E-state index in [-0.39, 0.29) is 30.5 Å². The van der Waals surface area contributed by atoms with E-state index in [2.05, 4.69) is 46.0 Å². The number of amides is 1. The Balaban J connectivity index is 1.30. The smallest absolute Gasteiger partial charge is 0.227 e. The molecule has 1 aromatic heterocycles. The Bertz CT molecular complexity index is 1250. The van der Waals surface area contributed by atoms with Crippen molar-refractivity contribution >= 4 is 5.91 Å². The number of nitrogens with zero attached hydrogens (tertiary/aromatic N) is 3. The molecule has 6 nitrogen and oxygen atoms in total. The van der Waals surface area contributed by atoms with Crippen LogP contribution in [0.5, 0.6) is 5.75 Å². The summed E-state index contributed by atoms with van der Waals surface area (Å²) in [7, 11) is 1.65. The minimum atomic E-state index is 0.0801. The number of aliphatic hydroxyl groups is 1. The predicted molar refractivity (Wildman–Crippen MR) is 143 cm³/mol. The second-order valence-corrected chi connectivity index (χ2v) is 9.76. The lowest BCUT2D eigenvalue weighted by Crippen LogP contribution is -2.68. The molecular formula is C31H33N3O3. The highest BCUT2D eigenvalue weighted by molar-refractivity contribution is 5.78. The standard InChI is InChI=1S/C31H33N3O3/c1-37-27-12-8-24(9-13-27)5-4-23-6-10-26(11-7-23)31-28-21-33(18-2-3-19-34(28)29(31)22-35)30(36)20-25-14-16-32-17-15-25/h6-17,28-29,31,35H,2-3,18-22H2,1H3/t28-,29-,31+/m0/s1. The number of benzene rings is 2. The van der Waals surface area contributed by atoms with Gasteiger partial charge in [-0.15, -0.1) is 0 Å². The number of hydrogen-bond donors (Lipinski definition) is 1. The van der Waals surface area contributed by atoms with Crippen LogP contribution in [0.3, 0.4) is 0 Å². The summed E-state index contributed by atoms with van der Waals surface area (Å²) < 4.78 is 5.21. The number of ether oxygens (including phenoxy) is 1. The molecule has 3 heterocycles. The van der Waals surface area contributed by atoms with E-state index >= 15 is 0 Å². The van der Waals surface area contributed by atoms with Crippen molar-refractivity contribution in [2.45, 2.75) is 37.3 Å². The topological polar surface area (TPSA) is 65.9 Å². The number of hydrogen-bond acceptors (Lipinski definition) is 5. The molecule has 2 fully saturated rings. The molecule has 0 aliphatic carbocycles. The SMILES string of the molecule is COc1ccc(C#Cc2ccc([C@H]3[C@H](CO)N4CCCCN(C(=O)Cc5ccncc5)C[C@@H]34)cc2)cc1. The minimum absolute atomic E-state index is 0.0801. The van der Waals surface area contributed by atoms with E-state index in [0.29, 0.717) is 13.0 Å². The van der Waals surface area contributed by atoms with Crippen LogP contribution < -0.4 is 4.74 Å². The number of rotatable bonds is 5. The lowest BCUT2D eigenvalue weighted by molar-refractivity contribution is -0.135. The fourth-order valence-corrected chi connectivity index (χ4v) is 5.56. The number of carbonyl (C=O) groups excluding carboxylic acids is 1. The monoisotopic (exact) mass is 495 g/mol. The highest BCUT2D eigenvalue weighted by Crippen LogP contribution is 2.42. The van der Waals surface area contributed by atoms with E-state index < -0.39 is 0 Å². The predicted octanol–water partition coefficient (Wildman–Crippen LogP) is 3.48. The quantitative estimate of drug-likeness (QED) is 0.549. The number of methoxy groups -OCH3 is 1. The van der Waals surface area contributed by atoms with Gasteiger partial charge in [0.2, 0.25) is 5.91 Å². The molecule has 0 unspecified atom stereocenters. The van der Waals surface area contributed by atoms with Crippen molar-refractivity contribution in [2.24, 2.45) is 0 Å². The van der Waals surface area contributed by atoms with Gasteiger partial charge in [-0.2, -0.15) is 0 Å². The van der Waals surface area contributed by atoms with Crippen molar-refractivity contribution in [2.75, 3.05) is 33.4 Å². The molecule has 3 atom stereocenters. The lowest BCUT2D eigenvalue weighted by Gasteiger charge is -2.57. The highest BCUT2D eigenvalue weighted by atomic mass is 16.5. The van der Waals surface area contributed by atoms with Crippen LogP contribution in [-0.2, 0) is 11.2 Å². The first-order chi connectivity index (χ1) is 18.2. The van der Waals surface area contributed by atoms with Crippen molar-refractivity contribution < 1.29 is 14.6 Å². The van der Waals surface area contributed by atoms with E-state index in [0.717, 1.165) is 48.4 Å². The molecule has 0 bridgehead atoms. The molecule has 2 aromatic carbocycles. The zero-order chi connectivity index (χ0) is 25.6. The number of aliphatic hydroxyl groups excluding tert-OH is 1. The summed E-state index contributed by atoms with van der Waals surface area (Å²) >= 11 is 0. The number of carbonyl (C=O) groups is 1. The van der Waals surface area contributed by atoms with Crippen LogP contribution >= 0.6 is 0 Å². The Kier molecular flexibility index (Phi) is 7.84. The molecule has 2 aliphatic rings. The Hall–Kier alpha value is -3.66. The van der Waals surface area contributed by atoms with Crippen LogP contribution in [0.1, 0.15) is 41.0 Å². The summed E-state index contributed by atoms with van der Waals surface area (Å²) in [5.41, 5.74) is 4.06. The van der Waals surface area contributed by atoms with Crippen molar-refractivity contribution in [1.82, 2.24) is 14.8 Å². The lowest BCUT2D eigenvalue weighted by atomic mass is 9.74. The van der Waals surface area contributed by atoms with Gasteiger partial charge in [-0.05, 0) is 79.0 Å². The van der Waals surface area contributed by atoms with Crippen molar-refractivity contribution in [3.8, 4) is 17.6 Å². The molecule has 1 amide bonds. The Labute approximate surface area is 218 Å². The first-order valence-electron chi connectivity index (χ1n) is 13.0. The maximum absolute atomic E-state index is 13.2. The zero-order valence-electron chi connectivity index (χ0n) is 21.2. The Morgan fingerprint density at radius 1 is 0.973 bits per heavy atom. The van der Waals surface area contributed by atoms with E-state index in [1.165, 1.54) is 5.56 Å². The molecule has 6 heteroatoms. The Morgan fingerprint density at radius 3 is 2.27 bits per heavy atom. The molecule has 2 aliphatic heterocycles. The average molecular weight is 496 g/mol. The van der Waals surface area contributed by atoms with Crippen LogP contribution in [0.15, 0.2) is 73.1 Å². The maximum Gasteiger partial charge on any atom is 0.227 e. The Morgan fingerprint density at radius 2 is 1.62 bits per heavy atom. The summed E-state index contributed by atoms with van der Waals surface area (Å²) in [6.45, 7) is 2.55. The van der Waals surface area contributed by atoms with Crippen molar-refractivity contribution in [1.29, 1.82) is 0 Å². The third kappa shape index (κ3) is 5.69. The van der Waals surface area contributed by atoms with Gasteiger partial charge >= 0.3 is 0 Å². The van der Waals surface area contributed by atoms with E-state index in [1.807, 2.05) is 41.3 Å². The van der Waals surface area contributed by atoms with Gasteiger partial charge in [-0.1, -0.05) is 24.0 Å². The fourth-order valence-electron chi connectivity index (χ4n) is 5.56. The second kappa shape index (κ2) is 11.6. The molecule has 37 heavy (non-hydrogen) atoms. The summed E-state index contributed by atoms with van der Waals surface area (Å²) in [6, 6.07) is 20.2. The van der Waals surface area contributed by atoms with Crippen LogP contribution in [0.25, 0.3) is 0 Å². The largest absolute Gasteiger partial charge is 0.497 e. The van der Waals surface area contributed by atoms with Gasteiger partial charge < -0.3 is 14.7 Å². The van der Waals surface area contributed by atoms with E-state index in [4.69, 9.17) is 4.74 Å². The first-order valence-corrected chi connectivity index (χ1v) is 13.0. The van der Waals surface area contributed by atoms with Gasteiger partial charge in [0.15, 0.2) is 0 Å². The molecule has 1 N–H and O–H groups in total. The first kappa shape index (κ1) is 25.0. The maximum atomic E-state index is 13.2. The third-order valence-electron chi connectivity index (χ3n) is 7.56. The van der Waals surface area contributed by atoms with E-state index in [9.17, 15) is 9.90 Å². The minimum Gasteiger partial charge on any atom is -0.497 e. The number of aromatic nitrogens is 1. The summed E-state index contributed by atoms with van der Waals surface area (Å²) in [6.07, 6.45) is 5.87. The van der Waals surface area contributed by atoms with Gasteiger partial charge in [0.1, 0.15) is 5.75 Å². The van der Waals surface area contributed by atoms with Gasteiger partial charge in [0.05, 0.1) is 20.1 Å². The summed E-state index contributed by atoms with van der Waals surface area (Å²) in [5, 5.41) is 10.2. The zero-order valence-corrected chi connectivity index (χ0v) is 21.2. The van der Waals surface area contributed by atoms with E-state index in [1.54, 1.807) is 19.5 Å². The number of fused-ring (bicyclic) bond motifs is 1. The summed E-state index contributed by atoms with van der Waals surface area (Å²) in [4.78, 5) is 21.7. The highest BCUT2D eigenvalue weighted by Gasteiger charge is 2.49. The molecule has 3 aromatic rings. The number of pyridine rings is 1.